The third kappa shape index (κ3) is 1.97. The Morgan fingerprint density at radius 2 is 2.00 bits per heavy atom. The molecule has 0 atom stereocenters. The molecule has 2 aliphatic rings. The van der Waals surface area contributed by atoms with Gasteiger partial charge >= 0.3 is 0 Å². The molecular weight excluding hydrogens is 266 g/mol. The number of likely N-dealkylation sites (tertiary alicyclic amines) is 1. The van der Waals surface area contributed by atoms with Crippen molar-refractivity contribution in [3.05, 3.63) is 18.6 Å². The smallest absolute Gasteiger partial charge is 0.229 e. The fraction of sp³-hybridized carbons (Fsp3) is 0.533. The molecule has 0 spiro atoms. The molecule has 110 valence electrons. The molecule has 2 aromatic rings. The molecule has 0 radical (unpaired) electrons. The average molecular weight is 285 g/mol. The van der Waals surface area contributed by atoms with E-state index in [4.69, 9.17) is 0 Å². The highest BCUT2D eigenvalue weighted by atomic mass is 16.2. The van der Waals surface area contributed by atoms with Crippen LogP contribution in [0.15, 0.2) is 18.6 Å². The number of aryl methyl sites for hydroxylation is 1. The fourth-order valence-corrected chi connectivity index (χ4v) is 3.32. The topological polar surface area (TPSA) is 54.3 Å². The summed E-state index contributed by atoms with van der Waals surface area (Å²) >= 11 is 0. The van der Waals surface area contributed by atoms with Gasteiger partial charge < -0.3 is 14.4 Å². The molecule has 0 aromatic carbocycles. The highest BCUT2D eigenvalue weighted by Gasteiger charge is 2.37. The van der Waals surface area contributed by atoms with Crippen LogP contribution in [0.3, 0.4) is 0 Å². The standard InChI is InChI=1S/C15H19N5O/c1-18-7-4-12-13(18)16-10-17-14(12)20-8-11(9-20)15(21)19-5-2-3-6-19/h4,7,10-11H,2-3,5-6,8-9H2,1H3. The Balaban J connectivity index is 1.50. The zero-order chi connectivity index (χ0) is 14.4. The van der Waals surface area contributed by atoms with Gasteiger partial charge in [0.05, 0.1) is 11.3 Å². The highest BCUT2D eigenvalue weighted by molar-refractivity contribution is 5.90. The van der Waals surface area contributed by atoms with Crippen LogP contribution in [0.4, 0.5) is 5.82 Å². The van der Waals surface area contributed by atoms with Crippen LogP contribution < -0.4 is 4.90 Å². The predicted molar refractivity (Wildman–Crippen MR) is 80.0 cm³/mol. The largest absolute Gasteiger partial charge is 0.354 e. The molecule has 6 nitrogen and oxygen atoms in total. The molecule has 0 aliphatic carbocycles. The second-order valence-corrected chi connectivity index (χ2v) is 6.00. The predicted octanol–water partition coefficient (Wildman–Crippen LogP) is 1.03. The first kappa shape index (κ1) is 12.6. The Labute approximate surface area is 123 Å². The molecule has 4 heterocycles. The number of hydrogen-bond acceptors (Lipinski definition) is 4. The van der Waals surface area contributed by atoms with Crippen molar-refractivity contribution in [3.8, 4) is 0 Å². The number of nitrogens with zero attached hydrogens (tertiary/aromatic N) is 5. The van der Waals surface area contributed by atoms with E-state index in [-0.39, 0.29) is 5.92 Å². The van der Waals surface area contributed by atoms with Crippen molar-refractivity contribution in [2.24, 2.45) is 13.0 Å². The highest BCUT2D eigenvalue weighted by Crippen LogP contribution is 2.30. The lowest BCUT2D eigenvalue weighted by molar-refractivity contribution is -0.135. The van der Waals surface area contributed by atoms with Gasteiger partial charge in [0.15, 0.2) is 0 Å². The van der Waals surface area contributed by atoms with E-state index >= 15 is 0 Å². The van der Waals surface area contributed by atoms with Gasteiger partial charge in [0, 0.05) is 39.4 Å². The summed E-state index contributed by atoms with van der Waals surface area (Å²) in [5.74, 6) is 1.41. The molecule has 2 aliphatic heterocycles. The summed E-state index contributed by atoms with van der Waals surface area (Å²) in [4.78, 5) is 25.3. The second kappa shape index (κ2) is 4.72. The van der Waals surface area contributed by atoms with E-state index < -0.39 is 0 Å². The van der Waals surface area contributed by atoms with E-state index in [0.29, 0.717) is 5.91 Å². The van der Waals surface area contributed by atoms with E-state index in [2.05, 4.69) is 14.9 Å². The van der Waals surface area contributed by atoms with Gasteiger partial charge in [0.25, 0.3) is 0 Å². The average Bonchev–Trinajstić information content (AvgIpc) is 3.08. The monoisotopic (exact) mass is 285 g/mol. The van der Waals surface area contributed by atoms with Crippen LogP contribution in [0.25, 0.3) is 11.0 Å². The van der Waals surface area contributed by atoms with Crippen molar-refractivity contribution >= 4 is 22.8 Å². The molecule has 0 bridgehead atoms. The number of fused-ring (bicyclic) bond motifs is 1. The van der Waals surface area contributed by atoms with Crippen LogP contribution in [-0.2, 0) is 11.8 Å². The third-order valence-corrected chi connectivity index (χ3v) is 4.59. The van der Waals surface area contributed by atoms with Gasteiger partial charge in [0.1, 0.15) is 17.8 Å². The maximum atomic E-state index is 12.3. The Kier molecular flexibility index (Phi) is 2.83. The van der Waals surface area contributed by atoms with E-state index in [0.717, 1.165) is 55.9 Å². The first-order valence-electron chi connectivity index (χ1n) is 7.54. The van der Waals surface area contributed by atoms with E-state index in [1.54, 1.807) is 6.33 Å². The van der Waals surface area contributed by atoms with Crippen molar-refractivity contribution in [1.29, 1.82) is 0 Å². The maximum absolute atomic E-state index is 12.3. The summed E-state index contributed by atoms with van der Waals surface area (Å²) in [6.45, 7) is 3.42. The minimum absolute atomic E-state index is 0.136. The molecular formula is C15H19N5O. The molecule has 0 unspecified atom stereocenters. The lowest BCUT2D eigenvalue weighted by Gasteiger charge is -2.40. The fourth-order valence-electron chi connectivity index (χ4n) is 3.32. The minimum Gasteiger partial charge on any atom is -0.354 e. The molecule has 6 heteroatoms. The van der Waals surface area contributed by atoms with Crippen molar-refractivity contribution in [2.75, 3.05) is 31.1 Å². The molecule has 2 saturated heterocycles. The Hall–Kier alpha value is -2.11. The van der Waals surface area contributed by atoms with Gasteiger partial charge in [-0.3, -0.25) is 4.79 Å². The molecule has 4 rings (SSSR count). The van der Waals surface area contributed by atoms with Crippen molar-refractivity contribution in [3.63, 3.8) is 0 Å². The number of rotatable bonds is 2. The number of hydrogen-bond donors (Lipinski definition) is 0. The molecule has 1 amide bonds. The first-order valence-corrected chi connectivity index (χ1v) is 7.54. The number of amides is 1. The Morgan fingerprint density at radius 1 is 1.24 bits per heavy atom. The molecule has 2 aromatic heterocycles. The van der Waals surface area contributed by atoms with E-state index in [9.17, 15) is 4.79 Å². The Morgan fingerprint density at radius 3 is 2.76 bits per heavy atom. The molecule has 2 fully saturated rings. The molecule has 0 N–H and O–H groups in total. The number of carbonyl (C=O) groups is 1. The minimum atomic E-state index is 0.136. The van der Waals surface area contributed by atoms with Gasteiger partial charge in [0.2, 0.25) is 5.91 Å². The number of carbonyl (C=O) groups excluding carboxylic acids is 1. The van der Waals surface area contributed by atoms with Crippen LogP contribution in [0, 0.1) is 5.92 Å². The van der Waals surface area contributed by atoms with Gasteiger partial charge in [-0.2, -0.15) is 0 Å². The summed E-state index contributed by atoms with van der Waals surface area (Å²) in [6, 6.07) is 2.04. The maximum Gasteiger partial charge on any atom is 0.229 e. The zero-order valence-corrected chi connectivity index (χ0v) is 12.2. The summed E-state index contributed by atoms with van der Waals surface area (Å²) in [5.41, 5.74) is 0.939. The van der Waals surface area contributed by atoms with Crippen LogP contribution in [0.5, 0.6) is 0 Å². The Bertz CT molecular complexity index is 682. The summed E-state index contributed by atoms with van der Waals surface area (Å²) in [6.07, 6.45) is 5.90. The lowest BCUT2D eigenvalue weighted by atomic mass is 9.98. The van der Waals surface area contributed by atoms with Gasteiger partial charge in [-0.05, 0) is 18.9 Å². The van der Waals surface area contributed by atoms with Crippen LogP contribution in [0.1, 0.15) is 12.8 Å². The summed E-state index contributed by atoms with van der Waals surface area (Å²) in [7, 11) is 1.98. The third-order valence-electron chi connectivity index (χ3n) is 4.59. The summed E-state index contributed by atoms with van der Waals surface area (Å²) < 4.78 is 1.99. The quantitative estimate of drug-likeness (QED) is 0.827. The SMILES string of the molecule is Cn1ccc2c(N3CC(C(=O)N4CCCC4)C3)ncnc21. The van der Waals surface area contributed by atoms with Crippen LogP contribution in [0.2, 0.25) is 0 Å². The lowest BCUT2D eigenvalue weighted by Crippen LogP contribution is -2.54. The van der Waals surface area contributed by atoms with Crippen molar-refractivity contribution in [2.45, 2.75) is 12.8 Å². The second-order valence-electron chi connectivity index (χ2n) is 6.00. The zero-order valence-electron chi connectivity index (χ0n) is 12.2. The van der Waals surface area contributed by atoms with Crippen molar-refractivity contribution < 1.29 is 4.79 Å². The van der Waals surface area contributed by atoms with Gasteiger partial charge in [-0.15, -0.1) is 0 Å². The number of anilines is 1. The van der Waals surface area contributed by atoms with Crippen LogP contribution >= 0.6 is 0 Å². The van der Waals surface area contributed by atoms with Gasteiger partial charge in [-0.25, -0.2) is 9.97 Å². The molecule has 21 heavy (non-hydrogen) atoms. The van der Waals surface area contributed by atoms with Crippen LogP contribution in [-0.4, -0.2) is 51.5 Å². The van der Waals surface area contributed by atoms with E-state index in [1.807, 2.05) is 28.8 Å². The van der Waals surface area contributed by atoms with Crippen molar-refractivity contribution in [1.82, 2.24) is 19.4 Å². The number of aromatic nitrogens is 3. The first-order chi connectivity index (χ1) is 10.2. The summed E-state index contributed by atoms with van der Waals surface area (Å²) in [5, 5.41) is 1.06. The van der Waals surface area contributed by atoms with Gasteiger partial charge in [-0.1, -0.05) is 0 Å². The normalized spacial score (nSPS) is 19.3. The van der Waals surface area contributed by atoms with E-state index in [1.165, 1.54) is 0 Å². The molecule has 0 saturated carbocycles.